The molecule has 0 aromatic carbocycles. The van der Waals surface area contributed by atoms with Crippen LogP contribution >= 0.6 is 11.3 Å². The highest BCUT2D eigenvalue weighted by Crippen LogP contribution is 2.24. The molecule has 0 saturated carbocycles. The van der Waals surface area contributed by atoms with E-state index in [-0.39, 0.29) is 11.9 Å². The third kappa shape index (κ3) is 5.34. The number of likely N-dealkylation sites (tertiary alicyclic amines) is 1. The van der Waals surface area contributed by atoms with Crippen molar-refractivity contribution in [2.24, 2.45) is 10.9 Å². The highest BCUT2D eigenvalue weighted by atomic mass is 32.1. The summed E-state index contributed by atoms with van der Waals surface area (Å²) in [5.74, 6) is 0.878. The highest BCUT2D eigenvalue weighted by Gasteiger charge is 2.27. The van der Waals surface area contributed by atoms with Crippen molar-refractivity contribution >= 4 is 28.4 Å². The van der Waals surface area contributed by atoms with Crippen LogP contribution in [0, 0.1) is 5.92 Å². The van der Waals surface area contributed by atoms with Crippen LogP contribution in [0.3, 0.4) is 0 Å². The van der Waals surface area contributed by atoms with Gasteiger partial charge in [0.05, 0.1) is 18.2 Å². The van der Waals surface area contributed by atoms with Gasteiger partial charge >= 0.3 is 5.97 Å². The molecule has 7 nitrogen and oxygen atoms in total. The summed E-state index contributed by atoms with van der Waals surface area (Å²) in [6.07, 6.45) is 5.09. The molecule has 0 radical (unpaired) electrons. The van der Waals surface area contributed by atoms with Crippen molar-refractivity contribution in [3.05, 3.63) is 11.1 Å². The first kappa shape index (κ1) is 19.9. The van der Waals surface area contributed by atoms with Gasteiger partial charge in [-0.05, 0) is 32.6 Å². The highest BCUT2D eigenvalue weighted by molar-refractivity contribution is 7.13. The first-order valence-corrected chi connectivity index (χ1v) is 10.9. The number of nitrogens with one attached hydrogen (secondary N) is 1. The van der Waals surface area contributed by atoms with Gasteiger partial charge in [0.25, 0.3) is 0 Å². The lowest BCUT2D eigenvalue weighted by Crippen LogP contribution is -2.47. The van der Waals surface area contributed by atoms with Gasteiger partial charge in [0.15, 0.2) is 11.1 Å². The summed E-state index contributed by atoms with van der Waals surface area (Å²) >= 11 is 1.75. The molecule has 2 aliphatic rings. The van der Waals surface area contributed by atoms with Gasteiger partial charge in [0.2, 0.25) is 0 Å². The molecular weight excluding hydrogens is 362 g/mol. The van der Waals surface area contributed by atoms with Crippen LogP contribution in [0.5, 0.6) is 0 Å². The minimum Gasteiger partial charge on any atom is -0.466 e. The lowest BCUT2D eigenvalue weighted by molar-refractivity contribution is -0.149. The fourth-order valence-corrected chi connectivity index (χ4v) is 4.60. The molecule has 2 saturated heterocycles. The number of ether oxygens (including phenoxy) is 1. The van der Waals surface area contributed by atoms with Crippen molar-refractivity contribution in [1.29, 1.82) is 0 Å². The van der Waals surface area contributed by atoms with Gasteiger partial charge in [-0.3, -0.25) is 9.79 Å². The quantitative estimate of drug-likeness (QED) is 0.454. The van der Waals surface area contributed by atoms with Crippen LogP contribution in [0.4, 0.5) is 5.13 Å². The summed E-state index contributed by atoms with van der Waals surface area (Å²) < 4.78 is 5.14. The van der Waals surface area contributed by atoms with E-state index in [1.807, 2.05) is 14.0 Å². The number of aromatic nitrogens is 1. The molecule has 0 atom stereocenters. The SMILES string of the molecule is CCOC(=O)C1CCN(C(=NC)NCCc2csc(N3CCCC3)n2)CC1. The number of hydrogen-bond acceptors (Lipinski definition) is 6. The van der Waals surface area contributed by atoms with Crippen LogP contribution < -0.4 is 10.2 Å². The van der Waals surface area contributed by atoms with Gasteiger partial charge in [-0.15, -0.1) is 11.3 Å². The number of guanidine groups is 1. The van der Waals surface area contributed by atoms with Crippen LogP contribution in [0.1, 0.15) is 38.3 Å². The average molecular weight is 394 g/mol. The number of carbonyl (C=O) groups is 1. The van der Waals surface area contributed by atoms with E-state index in [2.05, 4.69) is 25.5 Å². The number of carbonyl (C=O) groups excluding carboxylic acids is 1. The summed E-state index contributed by atoms with van der Waals surface area (Å²) in [7, 11) is 1.81. The second kappa shape index (κ2) is 9.92. The van der Waals surface area contributed by atoms with Crippen molar-refractivity contribution in [3.8, 4) is 0 Å². The average Bonchev–Trinajstić information content (AvgIpc) is 3.37. The molecule has 1 aromatic rings. The first-order chi connectivity index (χ1) is 13.2. The fourth-order valence-electron chi connectivity index (χ4n) is 3.69. The van der Waals surface area contributed by atoms with Gasteiger partial charge in [0, 0.05) is 51.6 Å². The number of piperidine rings is 1. The minimum atomic E-state index is -0.0579. The predicted octanol–water partition coefficient (Wildman–Crippen LogP) is 2.14. The van der Waals surface area contributed by atoms with Crippen LogP contribution in [0.2, 0.25) is 0 Å². The van der Waals surface area contributed by atoms with Gasteiger partial charge in [-0.25, -0.2) is 4.98 Å². The van der Waals surface area contributed by atoms with E-state index in [0.717, 1.165) is 68.8 Å². The summed E-state index contributed by atoms with van der Waals surface area (Å²) in [5.41, 5.74) is 1.14. The van der Waals surface area contributed by atoms with Crippen molar-refractivity contribution in [2.45, 2.75) is 39.0 Å². The molecule has 2 aliphatic heterocycles. The van der Waals surface area contributed by atoms with E-state index in [1.165, 1.54) is 12.8 Å². The Labute approximate surface area is 165 Å². The number of thiazole rings is 1. The Morgan fingerprint density at radius 1 is 1.33 bits per heavy atom. The number of esters is 1. The number of hydrogen-bond donors (Lipinski definition) is 1. The Morgan fingerprint density at radius 2 is 2.07 bits per heavy atom. The lowest BCUT2D eigenvalue weighted by atomic mass is 9.97. The molecule has 0 aliphatic carbocycles. The number of rotatable bonds is 6. The maximum atomic E-state index is 11.9. The summed E-state index contributed by atoms with van der Waals surface area (Å²) in [6, 6.07) is 0. The second-order valence-electron chi connectivity index (χ2n) is 7.05. The number of nitrogens with zero attached hydrogens (tertiary/aromatic N) is 4. The van der Waals surface area contributed by atoms with Crippen LogP contribution in [0.15, 0.2) is 10.4 Å². The van der Waals surface area contributed by atoms with Crippen LogP contribution in [-0.4, -0.2) is 68.2 Å². The number of anilines is 1. The van der Waals surface area contributed by atoms with E-state index < -0.39 is 0 Å². The van der Waals surface area contributed by atoms with Crippen molar-refractivity contribution in [3.63, 3.8) is 0 Å². The molecule has 8 heteroatoms. The van der Waals surface area contributed by atoms with E-state index in [0.29, 0.717) is 6.61 Å². The molecular formula is C19H31N5O2S. The maximum absolute atomic E-state index is 11.9. The van der Waals surface area contributed by atoms with E-state index in [1.54, 1.807) is 11.3 Å². The Kier molecular flexibility index (Phi) is 7.32. The Bertz CT molecular complexity index is 634. The molecule has 3 rings (SSSR count). The molecule has 3 heterocycles. The minimum absolute atomic E-state index is 0.0262. The zero-order valence-electron chi connectivity index (χ0n) is 16.4. The largest absolute Gasteiger partial charge is 0.466 e. The topological polar surface area (TPSA) is 70.1 Å². The fraction of sp³-hybridized carbons (Fsp3) is 0.737. The van der Waals surface area contributed by atoms with E-state index >= 15 is 0 Å². The van der Waals surface area contributed by atoms with E-state index in [4.69, 9.17) is 9.72 Å². The summed E-state index contributed by atoms with van der Waals surface area (Å²) in [4.78, 5) is 25.7. The van der Waals surface area contributed by atoms with Crippen LogP contribution in [0.25, 0.3) is 0 Å². The Morgan fingerprint density at radius 3 is 2.74 bits per heavy atom. The number of aliphatic imine (C=N–C) groups is 1. The molecule has 0 bridgehead atoms. The smallest absolute Gasteiger partial charge is 0.309 e. The third-order valence-corrected chi connectivity index (χ3v) is 6.16. The third-order valence-electron chi connectivity index (χ3n) is 5.21. The molecule has 1 aromatic heterocycles. The van der Waals surface area contributed by atoms with Gasteiger partial charge in [0.1, 0.15) is 0 Å². The Hall–Kier alpha value is -1.83. The van der Waals surface area contributed by atoms with Crippen molar-refractivity contribution < 1.29 is 9.53 Å². The zero-order chi connectivity index (χ0) is 19.1. The lowest BCUT2D eigenvalue weighted by Gasteiger charge is -2.33. The predicted molar refractivity (Wildman–Crippen MR) is 110 cm³/mol. The van der Waals surface area contributed by atoms with Crippen molar-refractivity contribution in [1.82, 2.24) is 15.2 Å². The molecule has 0 spiro atoms. The molecule has 27 heavy (non-hydrogen) atoms. The normalized spacial score (nSPS) is 18.8. The van der Waals surface area contributed by atoms with Crippen molar-refractivity contribution in [2.75, 3.05) is 51.3 Å². The molecule has 2 fully saturated rings. The standard InChI is InChI=1S/C19H31N5O2S/c1-3-26-17(25)15-7-12-23(13-8-15)18(20-2)21-9-6-16-14-27-19(22-16)24-10-4-5-11-24/h14-15H,3-13H2,1-2H3,(H,20,21). The van der Waals surface area contributed by atoms with E-state index in [9.17, 15) is 4.79 Å². The Balaban J connectivity index is 1.41. The maximum Gasteiger partial charge on any atom is 0.309 e. The molecule has 150 valence electrons. The monoisotopic (exact) mass is 393 g/mol. The molecule has 0 amide bonds. The first-order valence-electron chi connectivity index (χ1n) is 10.0. The summed E-state index contributed by atoms with van der Waals surface area (Å²) in [5, 5.41) is 6.78. The second-order valence-corrected chi connectivity index (χ2v) is 7.89. The summed E-state index contributed by atoms with van der Waals surface area (Å²) in [6.45, 7) is 7.07. The molecule has 0 unspecified atom stereocenters. The zero-order valence-corrected chi connectivity index (χ0v) is 17.3. The molecule has 1 N–H and O–H groups in total. The van der Waals surface area contributed by atoms with Crippen LogP contribution in [-0.2, 0) is 16.0 Å². The van der Waals surface area contributed by atoms with Gasteiger partial charge in [-0.1, -0.05) is 0 Å². The van der Waals surface area contributed by atoms with Gasteiger partial charge in [-0.2, -0.15) is 0 Å². The van der Waals surface area contributed by atoms with Gasteiger partial charge < -0.3 is 19.9 Å².